The van der Waals surface area contributed by atoms with Crippen LogP contribution >= 0.6 is 0 Å². The summed E-state index contributed by atoms with van der Waals surface area (Å²) in [6.45, 7) is 1.72. The molecule has 1 aromatic rings. The molecule has 0 saturated carbocycles. The Morgan fingerprint density at radius 3 is 2.50 bits per heavy atom. The van der Waals surface area contributed by atoms with Gasteiger partial charge in [0, 0.05) is 6.42 Å². The number of aryl methyl sites for hydroxylation is 1. The number of amides is 1. The third kappa shape index (κ3) is 5.71. The van der Waals surface area contributed by atoms with Gasteiger partial charge in [0.2, 0.25) is 5.91 Å². The zero-order valence-corrected chi connectivity index (χ0v) is 11.3. The van der Waals surface area contributed by atoms with Crippen molar-refractivity contribution in [2.24, 2.45) is 0 Å². The van der Waals surface area contributed by atoms with Gasteiger partial charge < -0.3 is 20.3 Å². The SMILES string of the molecule is Cc1ccc(OCCCC(=O)N[C@@H](CO)C(=O)O)cc1. The quantitative estimate of drug-likeness (QED) is 0.610. The van der Waals surface area contributed by atoms with Gasteiger partial charge in [0.1, 0.15) is 11.8 Å². The fourth-order valence-electron chi connectivity index (χ4n) is 1.51. The van der Waals surface area contributed by atoms with Crippen LogP contribution in [0.4, 0.5) is 0 Å². The van der Waals surface area contributed by atoms with Crippen molar-refractivity contribution in [1.29, 1.82) is 0 Å². The summed E-state index contributed by atoms with van der Waals surface area (Å²) in [6, 6.07) is 6.31. The number of aliphatic hydroxyl groups excluding tert-OH is 1. The van der Waals surface area contributed by atoms with E-state index in [1.807, 2.05) is 31.2 Å². The van der Waals surface area contributed by atoms with E-state index in [0.29, 0.717) is 13.0 Å². The van der Waals surface area contributed by atoms with Gasteiger partial charge in [-0.15, -0.1) is 0 Å². The average molecular weight is 281 g/mol. The van der Waals surface area contributed by atoms with Crippen LogP contribution in [0.25, 0.3) is 0 Å². The van der Waals surface area contributed by atoms with Crippen LogP contribution in [0.5, 0.6) is 5.75 Å². The fraction of sp³-hybridized carbons (Fsp3) is 0.429. The molecule has 0 spiro atoms. The first-order chi connectivity index (χ1) is 9.52. The molecule has 0 radical (unpaired) electrons. The molecule has 0 heterocycles. The average Bonchev–Trinajstić information content (AvgIpc) is 2.42. The van der Waals surface area contributed by atoms with Crippen LogP contribution in [0.15, 0.2) is 24.3 Å². The molecule has 0 aromatic heterocycles. The Hall–Kier alpha value is -2.08. The lowest BCUT2D eigenvalue weighted by Crippen LogP contribution is -2.43. The highest BCUT2D eigenvalue weighted by atomic mass is 16.5. The van der Waals surface area contributed by atoms with Crippen molar-refractivity contribution in [1.82, 2.24) is 5.32 Å². The Morgan fingerprint density at radius 1 is 1.30 bits per heavy atom. The van der Waals surface area contributed by atoms with E-state index in [0.717, 1.165) is 11.3 Å². The number of ether oxygens (including phenoxy) is 1. The normalized spacial score (nSPS) is 11.7. The molecular formula is C14H19NO5. The molecule has 6 heteroatoms. The summed E-state index contributed by atoms with van der Waals surface area (Å²) < 4.78 is 5.44. The lowest BCUT2D eigenvalue weighted by atomic mass is 10.2. The lowest BCUT2D eigenvalue weighted by molar-refractivity contribution is -0.142. The van der Waals surface area contributed by atoms with Crippen LogP contribution in [0, 0.1) is 6.92 Å². The highest BCUT2D eigenvalue weighted by Crippen LogP contribution is 2.11. The molecule has 1 atom stereocenters. The number of carbonyl (C=O) groups excluding carboxylic acids is 1. The zero-order valence-electron chi connectivity index (χ0n) is 11.3. The molecule has 1 aromatic carbocycles. The van der Waals surface area contributed by atoms with E-state index in [9.17, 15) is 9.59 Å². The van der Waals surface area contributed by atoms with Crippen molar-refractivity contribution in [3.63, 3.8) is 0 Å². The zero-order chi connectivity index (χ0) is 15.0. The van der Waals surface area contributed by atoms with Crippen molar-refractivity contribution in [2.45, 2.75) is 25.8 Å². The minimum atomic E-state index is -1.25. The second kappa shape index (κ2) is 8.16. The maximum absolute atomic E-state index is 11.4. The fourth-order valence-corrected chi connectivity index (χ4v) is 1.51. The lowest BCUT2D eigenvalue weighted by Gasteiger charge is -2.11. The van der Waals surface area contributed by atoms with E-state index < -0.39 is 24.5 Å². The van der Waals surface area contributed by atoms with Gasteiger partial charge in [-0.05, 0) is 25.5 Å². The summed E-state index contributed by atoms with van der Waals surface area (Å²) in [5.74, 6) is -0.939. The number of hydrogen-bond acceptors (Lipinski definition) is 4. The van der Waals surface area contributed by atoms with Gasteiger partial charge in [0.05, 0.1) is 13.2 Å². The molecule has 3 N–H and O–H groups in total. The number of rotatable bonds is 8. The van der Waals surface area contributed by atoms with E-state index >= 15 is 0 Å². The molecular weight excluding hydrogens is 262 g/mol. The number of carboxylic acid groups (broad SMARTS) is 1. The smallest absolute Gasteiger partial charge is 0.328 e. The van der Waals surface area contributed by atoms with Crippen LogP contribution in [0.1, 0.15) is 18.4 Å². The first kappa shape index (κ1) is 16.0. The monoisotopic (exact) mass is 281 g/mol. The van der Waals surface area contributed by atoms with E-state index in [2.05, 4.69) is 5.32 Å². The van der Waals surface area contributed by atoms with Crippen LogP contribution in [-0.2, 0) is 9.59 Å². The number of aliphatic hydroxyl groups is 1. The molecule has 0 aliphatic carbocycles. The van der Waals surface area contributed by atoms with Crippen molar-refractivity contribution < 1.29 is 24.5 Å². The summed E-state index contributed by atoms with van der Waals surface area (Å²) in [7, 11) is 0. The largest absolute Gasteiger partial charge is 0.494 e. The molecule has 0 fully saturated rings. The summed E-state index contributed by atoms with van der Waals surface area (Å²) in [5.41, 5.74) is 1.14. The molecule has 0 bridgehead atoms. The predicted octanol–water partition coefficient (Wildman–Crippen LogP) is 0.716. The van der Waals surface area contributed by atoms with Gasteiger partial charge in [-0.25, -0.2) is 4.79 Å². The number of carbonyl (C=O) groups is 2. The number of aliphatic carboxylic acids is 1. The summed E-state index contributed by atoms with van der Waals surface area (Å²) >= 11 is 0. The van der Waals surface area contributed by atoms with E-state index in [4.69, 9.17) is 14.9 Å². The molecule has 110 valence electrons. The van der Waals surface area contributed by atoms with E-state index in [-0.39, 0.29) is 6.42 Å². The summed E-state index contributed by atoms with van der Waals surface area (Å²) in [4.78, 5) is 22.0. The van der Waals surface area contributed by atoms with Gasteiger partial charge in [-0.3, -0.25) is 4.79 Å². The third-order valence-corrected chi connectivity index (χ3v) is 2.65. The van der Waals surface area contributed by atoms with Crippen LogP contribution in [-0.4, -0.2) is 41.3 Å². The van der Waals surface area contributed by atoms with E-state index in [1.165, 1.54) is 0 Å². The Labute approximate surface area is 117 Å². The Kier molecular flexibility index (Phi) is 6.52. The van der Waals surface area contributed by atoms with Crippen molar-refractivity contribution in [3.05, 3.63) is 29.8 Å². The van der Waals surface area contributed by atoms with Crippen LogP contribution < -0.4 is 10.1 Å². The number of hydrogen-bond donors (Lipinski definition) is 3. The van der Waals surface area contributed by atoms with Gasteiger partial charge >= 0.3 is 5.97 Å². The topological polar surface area (TPSA) is 95.9 Å². The first-order valence-corrected chi connectivity index (χ1v) is 6.35. The molecule has 0 saturated heterocycles. The maximum Gasteiger partial charge on any atom is 0.328 e. The van der Waals surface area contributed by atoms with Crippen LogP contribution in [0.3, 0.4) is 0 Å². The standard InChI is InChI=1S/C14H19NO5/c1-10-4-6-11(7-5-10)20-8-2-3-13(17)15-12(9-16)14(18)19/h4-7,12,16H,2-3,8-9H2,1H3,(H,15,17)(H,18,19)/t12-/m0/s1. The molecule has 0 aliphatic rings. The Morgan fingerprint density at radius 2 is 1.95 bits per heavy atom. The van der Waals surface area contributed by atoms with Gasteiger partial charge in [0.15, 0.2) is 0 Å². The van der Waals surface area contributed by atoms with Gasteiger partial charge in [-0.2, -0.15) is 0 Å². The van der Waals surface area contributed by atoms with Gasteiger partial charge in [0.25, 0.3) is 0 Å². The molecule has 1 amide bonds. The highest BCUT2D eigenvalue weighted by Gasteiger charge is 2.18. The number of nitrogens with one attached hydrogen (secondary N) is 1. The molecule has 1 rings (SSSR count). The van der Waals surface area contributed by atoms with Crippen LogP contribution in [0.2, 0.25) is 0 Å². The first-order valence-electron chi connectivity index (χ1n) is 6.35. The number of carboxylic acids is 1. The Bertz CT molecular complexity index is 443. The minimum Gasteiger partial charge on any atom is -0.494 e. The molecule has 0 aliphatic heterocycles. The van der Waals surface area contributed by atoms with Crippen molar-refractivity contribution >= 4 is 11.9 Å². The van der Waals surface area contributed by atoms with Gasteiger partial charge in [-0.1, -0.05) is 17.7 Å². The van der Waals surface area contributed by atoms with Crippen molar-refractivity contribution in [3.8, 4) is 5.75 Å². The Balaban J connectivity index is 2.22. The predicted molar refractivity (Wildman–Crippen MR) is 72.6 cm³/mol. The second-order valence-corrected chi connectivity index (χ2v) is 4.41. The molecule has 6 nitrogen and oxygen atoms in total. The molecule has 20 heavy (non-hydrogen) atoms. The minimum absolute atomic E-state index is 0.148. The van der Waals surface area contributed by atoms with Crippen molar-refractivity contribution in [2.75, 3.05) is 13.2 Å². The summed E-state index contributed by atoms with van der Waals surface area (Å²) in [5, 5.41) is 19.7. The highest BCUT2D eigenvalue weighted by molar-refractivity contribution is 5.83. The molecule has 0 unspecified atom stereocenters. The third-order valence-electron chi connectivity index (χ3n) is 2.65. The van der Waals surface area contributed by atoms with E-state index in [1.54, 1.807) is 0 Å². The maximum atomic E-state index is 11.4. The number of benzene rings is 1. The summed E-state index contributed by atoms with van der Waals surface area (Å²) in [6.07, 6.45) is 0.618. The second-order valence-electron chi connectivity index (χ2n) is 4.41.